The van der Waals surface area contributed by atoms with Gasteiger partial charge in [-0.2, -0.15) is 0 Å². The van der Waals surface area contributed by atoms with E-state index in [0.29, 0.717) is 0 Å². The predicted molar refractivity (Wildman–Crippen MR) is 16.9 cm³/mol. The van der Waals surface area contributed by atoms with Crippen molar-refractivity contribution in [3.05, 3.63) is 0 Å². The highest BCUT2D eigenvalue weighted by molar-refractivity contribution is 3.79. The van der Waals surface area contributed by atoms with Gasteiger partial charge in [-0.25, -0.2) is 9.68 Å². The maximum atomic E-state index is 7.63. The summed E-state index contributed by atoms with van der Waals surface area (Å²) in [7, 11) is 0. The average molecular weight is 110 g/mol. The Balaban J connectivity index is 2.45. The molecule has 0 bridgehead atoms. The minimum atomic E-state index is -0.285. The van der Waals surface area contributed by atoms with Crippen LogP contribution in [0, 0.1) is 0 Å². The second-order valence-corrected chi connectivity index (χ2v) is 0.589. The van der Waals surface area contributed by atoms with Gasteiger partial charge in [-0.3, -0.25) is 10.4 Å². The molecule has 0 aromatic rings. The second kappa shape index (κ2) is 5.76. The van der Waals surface area contributed by atoms with Crippen molar-refractivity contribution in [2.75, 3.05) is 6.79 Å². The smallest absolute Gasteiger partial charge is 0.192 e. The molecule has 6 nitrogen and oxygen atoms in total. The number of hydrogen-bond acceptors (Lipinski definition) is 6. The van der Waals surface area contributed by atoms with E-state index in [4.69, 9.17) is 10.4 Å². The average Bonchev–Trinajstić information content (AvgIpc) is 1.69. The zero-order valence-electron chi connectivity index (χ0n) is 3.42. The van der Waals surface area contributed by atoms with E-state index in [9.17, 15) is 0 Å². The van der Waals surface area contributed by atoms with Gasteiger partial charge in [0.05, 0.1) is 0 Å². The molecule has 0 spiro atoms. The molecule has 0 saturated heterocycles. The summed E-state index contributed by atoms with van der Waals surface area (Å²) in [6.45, 7) is -0.285. The monoisotopic (exact) mass is 110 g/mol. The van der Waals surface area contributed by atoms with E-state index in [1.807, 2.05) is 0 Å². The van der Waals surface area contributed by atoms with Crippen molar-refractivity contribution in [1.29, 1.82) is 0 Å². The Hall–Kier alpha value is -0.240. The van der Waals surface area contributed by atoms with Crippen LogP contribution in [-0.4, -0.2) is 17.2 Å². The van der Waals surface area contributed by atoms with Gasteiger partial charge in [0.2, 0.25) is 0 Å². The highest BCUT2D eigenvalue weighted by atomic mass is 16.9. The molecular formula is CH6N2O4. The van der Waals surface area contributed by atoms with Crippen molar-refractivity contribution >= 4 is 0 Å². The van der Waals surface area contributed by atoms with E-state index in [1.165, 1.54) is 11.3 Å². The first-order chi connectivity index (χ1) is 3.41. The largest absolute Gasteiger partial charge is 0.292 e. The Labute approximate surface area is 39.5 Å². The molecule has 0 rings (SSSR count). The molecule has 0 aromatic carbocycles. The summed E-state index contributed by atoms with van der Waals surface area (Å²) in [4.78, 5) is 7.87. The molecular weight excluding hydrogens is 104 g/mol. The van der Waals surface area contributed by atoms with Gasteiger partial charge >= 0.3 is 0 Å². The first-order valence-corrected chi connectivity index (χ1v) is 1.43. The highest BCUT2D eigenvalue weighted by Gasteiger charge is 1.77. The van der Waals surface area contributed by atoms with Gasteiger partial charge in [-0.1, -0.05) is 11.3 Å². The fraction of sp³-hybridized carbons (Fsp3) is 1.00. The van der Waals surface area contributed by atoms with Crippen LogP contribution in [0.2, 0.25) is 0 Å². The van der Waals surface area contributed by atoms with Gasteiger partial charge in [0.25, 0.3) is 0 Å². The fourth-order valence-corrected chi connectivity index (χ4v) is 0.0822. The van der Waals surface area contributed by atoms with E-state index < -0.39 is 0 Å². The maximum Gasteiger partial charge on any atom is 0.192 e. The second-order valence-electron chi connectivity index (χ2n) is 0.589. The molecule has 0 heterocycles. The Morgan fingerprint density at radius 3 is 1.86 bits per heavy atom. The summed E-state index contributed by atoms with van der Waals surface area (Å²) in [6.07, 6.45) is 0. The lowest BCUT2D eigenvalue weighted by atomic mass is 11.5. The van der Waals surface area contributed by atoms with Gasteiger partial charge in [0.1, 0.15) is 0 Å². The van der Waals surface area contributed by atoms with E-state index in [-0.39, 0.29) is 6.79 Å². The number of hydrogen-bond donors (Lipinski definition) is 4. The Bertz CT molecular complexity index is 28.9. The molecule has 44 valence electrons. The summed E-state index contributed by atoms with van der Waals surface area (Å²) < 4.78 is 0. The van der Waals surface area contributed by atoms with Crippen molar-refractivity contribution in [3.63, 3.8) is 0 Å². The fourth-order valence-electron chi connectivity index (χ4n) is 0.0822. The minimum Gasteiger partial charge on any atom is -0.292 e. The van der Waals surface area contributed by atoms with Crippen molar-refractivity contribution in [1.82, 2.24) is 11.3 Å². The molecule has 0 aliphatic heterocycles. The van der Waals surface area contributed by atoms with Crippen LogP contribution in [-0.2, 0) is 9.68 Å². The summed E-state index contributed by atoms with van der Waals surface area (Å²) in [5.74, 6) is 0. The van der Waals surface area contributed by atoms with Gasteiger partial charge in [0, 0.05) is 0 Å². The van der Waals surface area contributed by atoms with E-state index in [0.717, 1.165) is 0 Å². The Kier molecular flexibility index (Phi) is 5.56. The molecule has 4 N–H and O–H groups in total. The van der Waals surface area contributed by atoms with Crippen LogP contribution in [0.3, 0.4) is 0 Å². The molecule has 0 amide bonds. The van der Waals surface area contributed by atoms with Crippen LogP contribution < -0.4 is 11.3 Å². The third-order valence-electron chi connectivity index (χ3n) is 0.247. The normalized spacial score (nSPS) is 9.43. The Morgan fingerprint density at radius 2 is 1.57 bits per heavy atom. The molecule has 0 aromatic heterocycles. The van der Waals surface area contributed by atoms with Crippen LogP contribution >= 0.6 is 0 Å². The number of rotatable bonds is 4. The summed E-state index contributed by atoms with van der Waals surface area (Å²) in [5.41, 5.74) is 2.65. The summed E-state index contributed by atoms with van der Waals surface area (Å²) >= 11 is 0. The molecule has 0 aliphatic rings. The molecule has 0 saturated carbocycles. The number of nitrogens with one attached hydrogen (secondary N) is 2. The molecule has 0 fully saturated rings. The van der Waals surface area contributed by atoms with Crippen molar-refractivity contribution in [2.24, 2.45) is 0 Å². The van der Waals surface area contributed by atoms with Crippen molar-refractivity contribution in [2.45, 2.75) is 0 Å². The van der Waals surface area contributed by atoms with Gasteiger partial charge in [-0.05, 0) is 0 Å². The molecule has 0 aliphatic carbocycles. The van der Waals surface area contributed by atoms with E-state index in [2.05, 4.69) is 9.68 Å². The molecule has 0 unspecified atom stereocenters. The van der Waals surface area contributed by atoms with Crippen LogP contribution in [0.1, 0.15) is 0 Å². The van der Waals surface area contributed by atoms with Crippen LogP contribution in [0.4, 0.5) is 0 Å². The Morgan fingerprint density at radius 1 is 1.14 bits per heavy atom. The first kappa shape index (κ1) is 6.76. The predicted octanol–water partition coefficient (Wildman–Crippen LogP) is -1.24. The SMILES string of the molecule is ONOCONO. The molecule has 7 heavy (non-hydrogen) atoms. The van der Waals surface area contributed by atoms with Crippen molar-refractivity contribution in [3.8, 4) is 0 Å². The van der Waals surface area contributed by atoms with E-state index in [1.54, 1.807) is 0 Å². The highest BCUT2D eigenvalue weighted by Crippen LogP contribution is 1.60. The quantitative estimate of drug-likeness (QED) is 0.206. The summed E-state index contributed by atoms with van der Waals surface area (Å²) in [5, 5.41) is 15.3. The topological polar surface area (TPSA) is 83.0 Å². The van der Waals surface area contributed by atoms with E-state index >= 15 is 0 Å². The zero-order valence-corrected chi connectivity index (χ0v) is 3.42. The maximum absolute atomic E-state index is 7.63. The lowest BCUT2D eigenvalue weighted by Gasteiger charge is -1.96. The van der Waals surface area contributed by atoms with Crippen LogP contribution in [0.5, 0.6) is 0 Å². The third-order valence-corrected chi connectivity index (χ3v) is 0.247. The van der Waals surface area contributed by atoms with Gasteiger partial charge in [-0.15, -0.1) is 0 Å². The van der Waals surface area contributed by atoms with Crippen molar-refractivity contribution < 1.29 is 20.1 Å². The van der Waals surface area contributed by atoms with Crippen LogP contribution in [0.15, 0.2) is 0 Å². The van der Waals surface area contributed by atoms with Gasteiger partial charge < -0.3 is 0 Å². The minimum absolute atomic E-state index is 0.285. The van der Waals surface area contributed by atoms with Gasteiger partial charge in [0.15, 0.2) is 6.79 Å². The lowest BCUT2D eigenvalue weighted by molar-refractivity contribution is -0.250. The third kappa shape index (κ3) is 5.76. The first-order valence-electron chi connectivity index (χ1n) is 1.43. The zero-order chi connectivity index (χ0) is 5.54. The summed E-state index contributed by atoms with van der Waals surface area (Å²) in [6, 6.07) is 0. The lowest BCUT2D eigenvalue weighted by Crippen LogP contribution is -2.17. The molecule has 0 radical (unpaired) electrons. The van der Waals surface area contributed by atoms with Crippen LogP contribution in [0.25, 0.3) is 0 Å². The molecule has 0 atom stereocenters. The molecule has 6 heteroatoms. The standard InChI is InChI=1S/CH6N2O4/c4-2-6-1-7-3-5/h2-5H,1H2.